The fourth-order valence-electron chi connectivity index (χ4n) is 1.32. The zero-order chi connectivity index (χ0) is 13.8. The summed E-state index contributed by atoms with van der Waals surface area (Å²) in [6.45, 7) is 0.257. The van der Waals surface area contributed by atoms with Crippen LogP contribution in [-0.2, 0) is 21.4 Å². The van der Waals surface area contributed by atoms with Gasteiger partial charge in [0, 0.05) is 24.9 Å². The summed E-state index contributed by atoms with van der Waals surface area (Å²) in [5.74, 6) is -1.15. The van der Waals surface area contributed by atoms with E-state index < -0.39 is 16.0 Å². The van der Waals surface area contributed by atoms with Gasteiger partial charge in [-0.2, -0.15) is 4.31 Å². The van der Waals surface area contributed by atoms with Crippen molar-refractivity contribution in [2.45, 2.75) is 19.4 Å². The molecule has 102 valence electrons. The molecule has 1 heterocycles. The highest BCUT2D eigenvalue weighted by atomic mass is 35.5. The molecule has 0 bridgehead atoms. The number of carbonyl (C=O) groups is 1. The lowest BCUT2D eigenvalue weighted by molar-refractivity contribution is -0.137. The summed E-state index contributed by atoms with van der Waals surface area (Å²) in [5.41, 5.74) is 0. The first-order valence-electron chi connectivity index (χ1n) is 5.21. The number of sulfonamides is 1. The van der Waals surface area contributed by atoms with Gasteiger partial charge in [0.15, 0.2) is 0 Å². The Balaban J connectivity index is 2.53. The van der Waals surface area contributed by atoms with E-state index in [1.807, 2.05) is 0 Å². The van der Waals surface area contributed by atoms with Gasteiger partial charge in [0.2, 0.25) is 10.0 Å². The van der Waals surface area contributed by atoms with Crippen molar-refractivity contribution in [3.05, 3.63) is 21.3 Å². The van der Waals surface area contributed by atoms with Crippen LogP contribution in [0.3, 0.4) is 0 Å². The Morgan fingerprint density at radius 3 is 2.67 bits per heavy atom. The smallest absolute Gasteiger partial charge is 0.303 e. The van der Waals surface area contributed by atoms with Crippen molar-refractivity contribution >= 4 is 38.9 Å². The molecule has 1 rings (SSSR count). The van der Waals surface area contributed by atoms with E-state index >= 15 is 0 Å². The van der Waals surface area contributed by atoms with Crippen molar-refractivity contribution in [3.63, 3.8) is 0 Å². The third kappa shape index (κ3) is 4.93. The van der Waals surface area contributed by atoms with E-state index in [1.165, 1.54) is 22.7 Å². The average Bonchev–Trinajstić information content (AvgIpc) is 2.63. The first kappa shape index (κ1) is 15.4. The summed E-state index contributed by atoms with van der Waals surface area (Å²) in [5, 5.41) is 8.47. The van der Waals surface area contributed by atoms with Crippen LogP contribution in [0.2, 0.25) is 4.34 Å². The molecule has 0 aromatic carbocycles. The van der Waals surface area contributed by atoms with Crippen molar-refractivity contribution in [3.8, 4) is 0 Å². The Kier molecular flexibility index (Phi) is 5.58. The first-order chi connectivity index (χ1) is 8.31. The molecule has 1 aromatic heterocycles. The number of rotatable bonds is 7. The van der Waals surface area contributed by atoms with E-state index in [0.29, 0.717) is 4.34 Å². The SMILES string of the molecule is CN(Cc1ccc(Cl)s1)S(=O)(=O)CCCC(=O)O. The maximum Gasteiger partial charge on any atom is 0.303 e. The number of nitrogens with zero attached hydrogens (tertiary/aromatic N) is 1. The second-order valence-corrected chi connectivity index (χ2v) is 7.77. The Morgan fingerprint density at radius 2 is 2.17 bits per heavy atom. The zero-order valence-corrected chi connectivity index (χ0v) is 12.2. The van der Waals surface area contributed by atoms with E-state index in [9.17, 15) is 13.2 Å². The Hall–Kier alpha value is -0.630. The standard InChI is InChI=1S/C10H14ClNO4S2/c1-12(7-8-4-5-9(11)17-8)18(15,16)6-2-3-10(13)14/h4-5H,2-3,6-7H2,1H3,(H,13,14). The van der Waals surface area contributed by atoms with Crippen LogP contribution in [0, 0.1) is 0 Å². The molecule has 18 heavy (non-hydrogen) atoms. The molecule has 0 spiro atoms. The van der Waals surface area contributed by atoms with Gasteiger partial charge in [0.05, 0.1) is 10.1 Å². The normalized spacial score (nSPS) is 11.9. The molecule has 0 saturated carbocycles. The van der Waals surface area contributed by atoms with Crippen LogP contribution < -0.4 is 0 Å². The monoisotopic (exact) mass is 311 g/mol. The maximum atomic E-state index is 11.8. The van der Waals surface area contributed by atoms with Crippen LogP contribution in [0.5, 0.6) is 0 Å². The van der Waals surface area contributed by atoms with E-state index in [4.69, 9.17) is 16.7 Å². The lowest BCUT2D eigenvalue weighted by atomic mass is 10.3. The van der Waals surface area contributed by atoms with Gasteiger partial charge in [0.25, 0.3) is 0 Å². The number of hydrogen-bond donors (Lipinski definition) is 1. The van der Waals surface area contributed by atoms with Crippen LogP contribution in [-0.4, -0.2) is 36.6 Å². The molecule has 1 N–H and O–H groups in total. The number of halogens is 1. The third-order valence-electron chi connectivity index (χ3n) is 2.28. The van der Waals surface area contributed by atoms with Crippen molar-refractivity contribution in [2.24, 2.45) is 0 Å². The molecule has 0 radical (unpaired) electrons. The highest BCUT2D eigenvalue weighted by Crippen LogP contribution is 2.23. The van der Waals surface area contributed by atoms with Crippen LogP contribution in [0.1, 0.15) is 17.7 Å². The van der Waals surface area contributed by atoms with E-state index in [-0.39, 0.29) is 25.1 Å². The van der Waals surface area contributed by atoms with Crippen molar-refractivity contribution in [1.29, 1.82) is 0 Å². The maximum absolute atomic E-state index is 11.8. The second kappa shape index (κ2) is 6.51. The molecule has 0 aliphatic carbocycles. The molecule has 0 unspecified atom stereocenters. The van der Waals surface area contributed by atoms with E-state index in [2.05, 4.69) is 0 Å². The first-order valence-corrected chi connectivity index (χ1v) is 8.01. The van der Waals surface area contributed by atoms with Gasteiger partial charge in [-0.1, -0.05) is 11.6 Å². The molecule has 0 saturated heterocycles. The summed E-state index contributed by atoms with van der Waals surface area (Å²) in [4.78, 5) is 11.2. The summed E-state index contributed by atoms with van der Waals surface area (Å²) in [6, 6.07) is 3.49. The van der Waals surface area contributed by atoms with Crippen LogP contribution in [0.15, 0.2) is 12.1 Å². The van der Waals surface area contributed by atoms with E-state index in [0.717, 1.165) is 4.88 Å². The minimum atomic E-state index is -3.41. The molecule has 5 nitrogen and oxygen atoms in total. The fraction of sp³-hybridized carbons (Fsp3) is 0.500. The number of carboxylic acid groups (broad SMARTS) is 1. The van der Waals surface area contributed by atoms with Crippen LogP contribution in [0.4, 0.5) is 0 Å². The Labute approximate surface area is 115 Å². The molecule has 0 fully saturated rings. The van der Waals surface area contributed by atoms with Gasteiger partial charge in [-0.3, -0.25) is 4.79 Å². The fourth-order valence-corrected chi connectivity index (χ4v) is 3.70. The molecular weight excluding hydrogens is 298 g/mol. The molecule has 1 aromatic rings. The van der Waals surface area contributed by atoms with Crippen LogP contribution >= 0.6 is 22.9 Å². The van der Waals surface area contributed by atoms with Gasteiger partial charge in [-0.05, 0) is 18.6 Å². The van der Waals surface area contributed by atoms with Crippen molar-refractivity contribution in [1.82, 2.24) is 4.31 Å². The average molecular weight is 312 g/mol. The van der Waals surface area contributed by atoms with Crippen LogP contribution in [0.25, 0.3) is 0 Å². The molecular formula is C10H14ClNO4S2. The van der Waals surface area contributed by atoms with Gasteiger partial charge in [0.1, 0.15) is 0 Å². The Bertz CT molecular complexity index is 512. The zero-order valence-electron chi connectivity index (χ0n) is 9.80. The summed E-state index contributed by atoms with van der Waals surface area (Å²) in [7, 11) is -1.94. The summed E-state index contributed by atoms with van der Waals surface area (Å²) < 4.78 is 25.5. The number of hydrogen-bond acceptors (Lipinski definition) is 4. The van der Waals surface area contributed by atoms with Crippen molar-refractivity contribution < 1.29 is 18.3 Å². The topological polar surface area (TPSA) is 74.7 Å². The van der Waals surface area contributed by atoms with E-state index in [1.54, 1.807) is 12.1 Å². The van der Waals surface area contributed by atoms with Crippen molar-refractivity contribution in [2.75, 3.05) is 12.8 Å². The Morgan fingerprint density at radius 1 is 1.50 bits per heavy atom. The van der Waals surface area contributed by atoms with Gasteiger partial charge in [-0.25, -0.2) is 8.42 Å². The number of aliphatic carboxylic acids is 1. The molecule has 0 amide bonds. The molecule has 8 heteroatoms. The predicted molar refractivity (Wildman–Crippen MR) is 71.5 cm³/mol. The highest BCUT2D eigenvalue weighted by Gasteiger charge is 2.18. The molecule has 0 aliphatic heterocycles. The second-order valence-electron chi connectivity index (χ2n) is 3.78. The lowest BCUT2D eigenvalue weighted by Gasteiger charge is -2.15. The predicted octanol–water partition coefficient (Wildman–Crippen LogP) is 2.03. The minimum Gasteiger partial charge on any atom is -0.481 e. The summed E-state index contributed by atoms with van der Waals surface area (Å²) in [6.07, 6.45) is -0.0227. The van der Waals surface area contributed by atoms with Gasteiger partial charge >= 0.3 is 5.97 Å². The molecule has 0 atom stereocenters. The molecule has 0 aliphatic rings. The lowest BCUT2D eigenvalue weighted by Crippen LogP contribution is -2.28. The number of carboxylic acids is 1. The minimum absolute atomic E-state index is 0.118. The third-order valence-corrected chi connectivity index (χ3v) is 5.37. The quantitative estimate of drug-likeness (QED) is 0.836. The van der Waals surface area contributed by atoms with Gasteiger partial charge in [-0.15, -0.1) is 11.3 Å². The highest BCUT2D eigenvalue weighted by molar-refractivity contribution is 7.89. The number of thiophene rings is 1. The largest absolute Gasteiger partial charge is 0.481 e. The van der Waals surface area contributed by atoms with Gasteiger partial charge < -0.3 is 5.11 Å². The summed E-state index contributed by atoms with van der Waals surface area (Å²) >= 11 is 7.09.